The average Bonchev–Trinajstić information content (AvgIpc) is 3.39. The van der Waals surface area contributed by atoms with Gasteiger partial charge in [-0.2, -0.15) is 26.3 Å². The number of nitro groups is 1. The number of nitrogens with one attached hydrogen (secondary N) is 1. The summed E-state index contributed by atoms with van der Waals surface area (Å²) in [6.45, 7) is 2.13. The zero-order valence-corrected chi connectivity index (χ0v) is 21.9. The number of hydrogen-bond acceptors (Lipinski definition) is 9. The van der Waals surface area contributed by atoms with Crippen molar-refractivity contribution in [2.75, 3.05) is 43.0 Å². The van der Waals surface area contributed by atoms with E-state index in [1.165, 1.54) is 6.07 Å². The number of ether oxygens (including phenoxy) is 1. The Bertz CT molecular complexity index is 1180. The highest BCUT2D eigenvalue weighted by Crippen LogP contribution is 2.38. The highest BCUT2D eigenvalue weighted by molar-refractivity contribution is 7.80. The zero-order chi connectivity index (χ0) is 28.4. The minimum absolute atomic E-state index is 0.0768. The second-order valence-electron chi connectivity index (χ2n) is 9.17. The lowest BCUT2D eigenvalue weighted by Gasteiger charge is -2.36. The van der Waals surface area contributed by atoms with E-state index in [0.717, 1.165) is 12.1 Å². The van der Waals surface area contributed by atoms with Gasteiger partial charge in [0.15, 0.2) is 0 Å². The van der Waals surface area contributed by atoms with Gasteiger partial charge in [-0.25, -0.2) is 0 Å². The Labute approximate surface area is 228 Å². The lowest BCUT2D eigenvalue weighted by molar-refractivity contribution is -0.388. The Morgan fingerprint density at radius 3 is 2.31 bits per heavy atom. The predicted octanol–water partition coefficient (Wildman–Crippen LogP) is 5.37. The Hall–Kier alpha value is -2.79. The molecule has 2 heterocycles. The number of alkyl halides is 6. The SMILES string of the molecule is O=[N+]([O-])c1ccc(N[C@H]2CC[C@H](OCC(=S)N3CCN(c4nnc(C(F)(F)F)s4)CC3)CC2)cc1C(F)(F)F. The van der Waals surface area contributed by atoms with Crippen LogP contribution in [0.4, 0.5) is 42.8 Å². The minimum atomic E-state index is -4.84. The van der Waals surface area contributed by atoms with Crippen molar-refractivity contribution in [2.24, 2.45) is 0 Å². The van der Waals surface area contributed by atoms with Crippen molar-refractivity contribution in [3.05, 3.63) is 38.9 Å². The molecule has 0 radical (unpaired) electrons. The van der Waals surface area contributed by atoms with Crippen LogP contribution in [0.2, 0.25) is 0 Å². The maximum atomic E-state index is 13.2. The molecule has 9 nitrogen and oxygen atoms in total. The van der Waals surface area contributed by atoms with Gasteiger partial charge in [0.1, 0.15) is 10.6 Å². The summed E-state index contributed by atoms with van der Waals surface area (Å²) in [7, 11) is 0. The minimum Gasteiger partial charge on any atom is -0.382 e. The fraction of sp³-hybridized carbons (Fsp3) is 0.591. The molecule has 1 aliphatic carbocycles. The highest BCUT2D eigenvalue weighted by Gasteiger charge is 2.39. The van der Waals surface area contributed by atoms with E-state index in [9.17, 15) is 36.5 Å². The normalized spacial score (nSPS) is 20.7. The smallest absolute Gasteiger partial charge is 0.382 e. The van der Waals surface area contributed by atoms with Crippen LogP contribution in [0.3, 0.4) is 0 Å². The van der Waals surface area contributed by atoms with Crippen molar-refractivity contribution in [1.82, 2.24) is 15.1 Å². The van der Waals surface area contributed by atoms with Gasteiger partial charge in [0.05, 0.1) is 17.6 Å². The number of anilines is 2. The maximum Gasteiger partial charge on any atom is 0.445 e. The van der Waals surface area contributed by atoms with Crippen LogP contribution in [0, 0.1) is 10.1 Å². The van der Waals surface area contributed by atoms with Crippen LogP contribution in [0.5, 0.6) is 0 Å². The van der Waals surface area contributed by atoms with Crippen LogP contribution in [-0.2, 0) is 17.1 Å². The van der Waals surface area contributed by atoms with Crippen molar-refractivity contribution in [3.63, 3.8) is 0 Å². The summed E-state index contributed by atoms with van der Waals surface area (Å²) in [5.41, 5.74) is -2.11. The number of nitrogens with zero attached hydrogens (tertiary/aromatic N) is 5. The summed E-state index contributed by atoms with van der Waals surface area (Å²) in [4.78, 5) is 14.2. The summed E-state index contributed by atoms with van der Waals surface area (Å²) in [6, 6.07) is 2.78. The molecule has 1 aliphatic heterocycles. The molecule has 214 valence electrons. The third-order valence-corrected chi connectivity index (χ3v) is 7.95. The number of piperazine rings is 1. The third-order valence-electron chi connectivity index (χ3n) is 6.55. The Morgan fingerprint density at radius 2 is 1.74 bits per heavy atom. The molecular weight excluding hydrogens is 574 g/mol. The molecule has 2 aromatic rings. The van der Waals surface area contributed by atoms with E-state index in [2.05, 4.69) is 15.5 Å². The average molecular weight is 599 g/mol. The molecule has 2 aliphatic rings. The quantitative estimate of drug-likeness (QED) is 0.195. The van der Waals surface area contributed by atoms with Gasteiger partial charge in [0.25, 0.3) is 5.69 Å². The topological polar surface area (TPSA) is 96.7 Å². The molecule has 1 N–H and O–H groups in total. The summed E-state index contributed by atoms with van der Waals surface area (Å²) in [5, 5.41) is 20.1. The Morgan fingerprint density at radius 1 is 1.08 bits per heavy atom. The number of hydrogen-bond donors (Lipinski definition) is 1. The number of nitro benzene ring substituents is 1. The zero-order valence-electron chi connectivity index (χ0n) is 20.3. The molecule has 2 fully saturated rings. The maximum absolute atomic E-state index is 13.2. The second-order valence-corrected chi connectivity index (χ2v) is 10.6. The van der Waals surface area contributed by atoms with Crippen molar-refractivity contribution >= 4 is 45.0 Å². The standard InChI is InChI=1S/C22H24F6N6O3S2/c23-21(24,25)16-11-14(3-6-17(16)34(35)36)29-13-1-4-15(5-2-13)37-12-18(38)32-7-9-33(10-8-32)20-31-30-19(39-20)22(26,27)28/h3,6,11,13,15,29H,1-2,4-5,7-10,12H2/t13-,15-. The first-order valence-electron chi connectivity index (χ1n) is 12.0. The number of halogens is 6. The van der Waals surface area contributed by atoms with Crippen molar-refractivity contribution in [1.29, 1.82) is 0 Å². The monoisotopic (exact) mass is 598 g/mol. The lowest BCUT2D eigenvalue weighted by atomic mass is 9.92. The first-order valence-corrected chi connectivity index (χ1v) is 13.2. The van der Waals surface area contributed by atoms with Gasteiger partial charge in [0, 0.05) is 44.0 Å². The molecule has 0 amide bonds. The third kappa shape index (κ3) is 7.45. The van der Waals surface area contributed by atoms with Crippen LogP contribution in [-0.4, -0.2) is 69.9 Å². The molecule has 4 rings (SSSR count). The van der Waals surface area contributed by atoms with Crippen LogP contribution < -0.4 is 10.2 Å². The first kappa shape index (κ1) is 29.2. The summed E-state index contributed by atoms with van der Waals surface area (Å²) in [5.74, 6) is 0. The van der Waals surface area contributed by atoms with Gasteiger partial charge in [-0.05, 0) is 37.8 Å². The Kier molecular flexibility index (Phi) is 8.80. The molecule has 1 saturated carbocycles. The molecule has 0 unspecified atom stereocenters. The van der Waals surface area contributed by atoms with E-state index in [1.54, 1.807) is 4.90 Å². The number of aromatic nitrogens is 2. The van der Waals surface area contributed by atoms with Crippen LogP contribution >= 0.6 is 23.6 Å². The van der Waals surface area contributed by atoms with E-state index in [0.29, 0.717) is 68.2 Å². The van der Waals surface area contributed by atoms with Crippen LogP contribution in [0.1, 0.15) is 36.3 Å². The summed E-state index contributed by atoms with van der Waals surface area (Å²) >= 11 is 6.00. The number of benzene rings is 1. The van der Waals surface area contributed by atoms with Crippen LogP contribution in [0.25, 0.3) is 0 Å². The largest absolute Gasteiger partial charge is 0.445 e. The van der Waals surface area contributed by atoms with Gasteiger partial charge >= 0.3 is 12.4 Å². The van der Waals surface area contributed by atoms with Gasteiger partial charge in [-0.15, -0.1) is 10.2 Å². The molecule has 0 atom stereocenters. The van der Waals surface area contributed by atoms with Crippen molar-refractivity contribution < 1.29 is 36.0 Å². The molecule has 1 aromatic heterocycles. The molecule has 1 saturated heterocycles. The fourth-order valence-electron chi connectivity index (χ4n) is 4.51. The first-order chi connectivity index (χ1) is 18.3. The van der Waals surface area contributed by atoms with Gasteiger partial charge in [-0.1, -0.05) is 23.6 Å². The van der Waals surface area contributed by atoms with Gasteiger partial charge in [-0.3, -0.25) is 10.1 Å². The number of rotatable bonds is 7. The lowest BCUT2D eigenvalue weighted by Crippen LogP contribution is -2.49. The summed E-state index contributed by atoms with van der Waals surface area (Å²) < 4.78 is 84.0. The van der Waals surface area contributed by atoms with E-state index >= 15 is 0 Å². The highest BCUT2D eigenvalue weighted by atomic mass is 32.1. The molecule has 17 heteroatoms. The molecule has 39 heavy (non-hydrogen) atoms. The van der Waals surface area contributed by atoms with E-state index in [4.69, 9.17) is 17.0 Å². The Balaban J connectivity index is 1.19. The summed E-state index contributed by atoms with van der Waals surface area (Å²) in [6.07, 6.45) is -6.85. The van der Waals surface area contributed by atoms with E-state index < -0.39 is 33.5 Å². The van der Waals surface area contributed by atoms with Gasteiger partial charge in [0.2, 0.25) is 10.1 Å². The second kappa shape index (κ2) is 11.8. The van der Waals surface area contributed by atoms with Crippen LogP contribution in [0.15, 0.2) is 18.2 Å². The molecular formula is C22H24F6N6O3S2. The molecule has 0 bridgehead atoms. The predicted molar refractivity (Wildman–Crippen MR) is 135 cm³/mol. The van der Waals surface area contributed by atoms with E-state index in [1.807, 2.05) is 4.90 Å². The van der Waals surface area contributed by atoms with E-state index in [-0.39, 0.29) is 29.6 Å². The van der Waals surface area contributed by atoms with Gasteiger partial charge < -0.3 is 19.9 Å². The number of thiocarbonyl (C=S) groups is 1. The van der Waals surface area contributed by atoms with Crippen molar-refractivity contribution in [2.45, 2.75) is 50.2 Å². The molecule has 0 spiro atoms. The fourth-order valence-corrected chi connectivity index (χ4v) is 5.52. The molecule has 1 aromatic carbocycles. The van der Waals surface area contributed by atoms with Crippen molar-refractivity contribution in [3.8, 4) is 0 Å².